The van der Waals surface area contributed by atoms with Gasteiger partial charge in [-0.2, -0.15) is 4.79 Å². The Kier molecular flexibility index (Phi) is 10.2. The third kappa shape index (κ3) is 7.43. The topological polar surface area (TPSA) is 169 Å². The van der Waals surface area contributed by atoms with Gasteiger partial charge in [-0.25, -0.2) is 20.1 Å². The van der Waals surface area contributed by atoms with Crippen LogP contribution in [0.4, 0.5) is 9.59 Å². The van der Waals surface area contributed by atoms with E-state index in [1.807, 2.05) is 51.8 Å². The van der Waals surface area contributed by atoms with Gasteiger partial charge in [-0.1, -0.05) is 32.0 Å². The van der Waals surface area contributed by atoms with Gasteiger partial charge in [0, 0.05) is 43.0 Å². The van der Waals surface area contributed by atoms with E-state index in [4.69, 9.17) is 28.9 Å². The first-order valence-corrected chi connectivity index (χ1v) is 19.8. The number of aromatic nitrogens is 4. The van der Waals surface area contributed by atoms with Crippen LogP contribution in [0.25, 0.3) is 44.2 Å². The number of methoxy groups -OCH3 is 2. The molecule has 2 aromatic heterocycles. The van der Waals surface area contributed by atoms with E-state index in [1.165, 1.54) is 12.4 Å². The number of nitrogens with two attached hydrogens (primary N) is 1. The summed E-state index contributed by atoms with van der Waals surface area (Å²) in [5.41, 5.74) is 6.10. The third-order valence-electron chi connectivity index (χ3n) is 11.4. The number of carbonyl (C=O) groups excluding carboxylic acids is 3. The first-order valence-electron chi connectivity index (χ1n) is 19.8. The fourth-order valence-corrected chi connectivity index (χ4v) is 8.61. The maximum atomic E-state index is 13.7. The standard InChI is InChI=1S/C43H51N7O7/c1-23(2)36(48-41(52)55-7)40(51)49-14-8-9-33(49)38-44-19-32(46-38)26-10-12-28-27(16-26)22-56-35-18-29-25(17-30(28)35)11-13-31-37(29)47-39(45-31)34-15-24(21-54-6)20-50(34)42(53)57-43(3,4)5/h10-13,16-19,23-24,33-34,36H,8-9,14-15,20-22H2,1-7H3,(H,44,46)(H,45,47)(H,48,52)/p+1. The molecule has 3 aromatic carbocycles. The number of nitrogens with one attached hydrogen (secondary N) is 2. The first-order chi connectivity index (χ1) is 27.3. The molecular formula is C43H52N7O7+. The number of benzene rings is 3. The van der Waals surface area contributed by atoms with Crippen LogP contribution in [0.1, 0.15) is 83.2 Å². The average Bonchev–Trinajstić information content (AvgIpc) is 4.01. The smallest absolute Gasteiger partial charge is 0.488 e. The molecule has 5 heterocycles. The van der Waals surface area contributed by atoms with Crippen LogP contribution in [0.2, 0.25) is 0 Å². The summed E-state index contributed by atoms with van der Waals surface area (Å²) in [6.07, 6.45) is 3.33. The average molecular weight is 779 g/mol. The number of likely N-dealkylation sites (tertiary alicyclic amines) is 2. The second-order valence-electron chi connectivity index (χ2n) is 16.9. The predicted molar refractivity (Wildman–Crippen MR) is 213 cm³/mol. The summed E-state index contributed by atoms with van der Waals surface area (Å²) in [6.45, 7) is 11.6. The van der Waals surface area contributed by atoms with Gasteiger partial charge < -0.3 is 33.8 Å². The number of amides is 3. The van der Waals surface area contributed by atoms with Crippen LogP contribution in [0.5, 0.6) is 5.75 Å². The van der Waals surface area contributed by atoms with E-state index < -0.39 is 17.7 Å². The minimum absolute atomic E-state index is 0.0554. The predicted octanol–water partition coefficient (Wildman–Crippen LogP) is 6.63. The molecule has 0 bridgehead atoms. The maximum Gasteiger partial charge on any atom is 0.513 e. The number of fused-ring (bicyclic) bond motifs is 6. The van der Waals surface area contributed by atoms with E-state index in [0.717, 1.165) is 86.4 Å². The largest absolute Gasteiger partial charge is 0.513 e. The molecule has 4 unspecified atom stereocenters. The van der Waals surface area contributed by atoms with Crippen LogP contribution in [-0.2, 0) is 25.6 Å². The fourth-order valence-electron chi connectivity index (χ4n) is 8.61. The minimum Gasteiger partial charge on any atom is -0.488 e. The Labute approximate surface area is 331 Å². The molecule has 57 heavy (non-hydrogen) atoms. The fraction of sp³-hybridized carbons (Fsp3) is 0.465. The highest BCUT2D eigenvalue weighted by atomic mass is 16.6. The molecule has 3 aliphatic rings. The van der Waals surface area contributed by atoms with Crippen molar-refractivity contribution in [2.45, 2.75) is 84.2 Å². The van der Waals surface area contributed by atoms with Gasteiger partial charge in [-0.15, -0.1) is 0 Å². The van der Waals surface area contributed by atoms with Crippen LogP contribution in [0.15, 0.2) is 48.7 Å². The number of H-pyrrole nitrogens is 2. The first kappa shape index (κ1) is 38.4. The summed E-state index contributed by atoms with van der Waals surface area (Å²) in [5.74, 6) is 2.27. The molecule has 4 atom stereocenters. The lowest BCUT2D eigenvalue weighted by Crippen LogP contribution is -2.96. The van der Waals surface area contributed by atoms with Crippen LogP contribution in [0, 0.1) is 11.8 Å². The van der Waals surface area contributed by atoms with E-state index in [0.29, 0.717) is 26.3 Å². The van der Waals surface area contributed by atoms with Crippen molar-refractivity contribution in [3.63, 3.8) is 0 Å². The molecule has 8 rings (SSSR count). The number of ether oxygens (including phenoxy) is 4. The Morgan fingerprint density at radius 2 is 1.82 bits per heavy atom. The number of carbonyl (C=O) groups is 3. The molecule has 4 N–H and O–H groups in total. The van der Waals surface area contributed by atoms with Crippen molar-refractivity contribution < 1.29 is 38.6 Å². The highest BCUT2D eigenvalue weighted by Gasteiger charge is 2.41. The molecule has 3 amide bonds. The summed E-state index contributed by atoms with van der Waals surface area (Å²) >= 11 is 0. The van der Waals surface area contributed by atoms with E-state index in [9.17, 15) is 14.4 Å². The lowest BCUT2D eigenvalue weighted by atomic mass is 9.92. The summed E-state index contributed by atoms with van der Waals surface area (Å²) in [5, 5.41) is 3.39. The number of hydrogen-bond acceptors (Lipinski definition) is 9. The van der Waals surface area contributed by atoms with E-state index in [1.54, 1.807) is 12.0 Å². The second kappa shape index (κ2) is 15.1. The van der Waals surface area contributed by atoms with Crippen molar-refractivity contribution in [1.29, 1.82) is 0 Å². The zero-order valence-corrected chi connectivity index (χ0v) is 33.7. The van der Waals surface area contributed by atoms with Crippen molar-refractivity contribution in [3.05, 3.63) is 65.9 Å². The molecule has 14 nitrogen and oxygen atoms in total. The molecule has 300 valence electrons. The van der Waals surface area contributed by atoms with E-state index >= 15 is 0 Å². The third-order valence-corrected chi connectivity index (χ3v) is 11.4. The Bertz CT molecular complexity index is 2340. The molecule has 0 aliphatic carbocycles. The van der Waals surface area contributed by atoms with Crippen LogP contribution in [-0.4, -0.2) is 93.4 Å². The normalized spacial score (nSPS) is 19.8. The van der Waals surface area contributed by atoms with Gasteiger partial charge in [0.2, 0.25) is 0 Å². The van der Waals surface area contributed by atoms with Gasteiger partial charge in [0.15, 0.2) is 6.04 Å². The van der Waals surface area contributed by atoms with Crippen molar-refractivity contribution in [1.82, 2.24) is 29.7 Å². The Morgan fingerprint density at radius 3 is 2.58 bits per heavy atom. The molecule has 3 aliphatic heterocycles. The Hall–Kier alpha value is -5.47. The highest BCUT2D eigenvalue weighted by Crippen LogP contribution is 2.44. The molecule has 0 spiro atoms. The van der Waals surface area contributed by atoms with Crippen molar-refractivity contribution in [3.8, 4) is 28.1 Å². The number of aromatic amines is 2. The highest BCUT2D eigenvalue weighted by molar-refractivity contribution is 6.07. The van der Waals surface area contributed by atoms with Crippen molar-refractivity contribution in [2.75, 3.05) is 33.9 Å². The van der Waals surface area contributed by atoms with Gasteiger partial charge in [0.1, 0.15) is 29.6 Å². The van der Waals surface area contributed by atoms with Gasteiger partial charge in [0.25, 0.3) is 5.91 Å². The number of hydrogen-bond donors (Lipinski definition) is 3. The summed E-state index contributed by atoms with van der Waals surface area (Å²) in [4.78, 5) is 59.5. The molecule has 2 saturated heterocycles. The molecule has 2 fully saturated rings. The Morgan fingerprint density at radius 1 is 1.00 bits per heavy atom. The van der Waals surface area contributed by atoms with Crippen molar-refractivity contribution in [2.24, 2.45) is 11.8 Å². The van der Waals surface area contributed by atoms with Gasteiger partial charge >= 0.3 is 12.2 Å². The number of primary amides is 1. The monoisotopic (exact) mass is 778 g/mol. The van der Waals surface area contributed by atoms with Crippen LogP contribution in [0.3, 0.4) is 0 Å². The SMILES string of the molecule is COCC1CC(c2nc3c(ccc4cc5c(cc43)OCc3cc(-c4cnc(C6CCCN6C(=O)C([NH2+]C(=O)OC)C(C)C)[nH]4)ccc3-5)[nH]2)N(C(=O)OC(C)(C)C)C1. The lowest BCUT2D eigenvalue weighted by Gasteiger charge is -2.27. The van der Waals surface area contributed by atoms with Gasteiger partial charge in [0.05, 0.1) is 48.7 Å². The van der Waals surface area contributed by atoms with Gasteiger partial charge in [-0.3, -0.25) is 9.69 Å². The van der Waals surface area contributed by atoms with Crippen molar-refractivity contribution >= 4 is 39.9 Å². The molecule has 5 aromatic rings. The number of nitrogens with zero attached hydrogens (tertiary/aromatic N) is 4. The maximum absolute atomic E-state index is 13.7. The van der Waals surface area contributed by atoms with E-state index in [-0.39, 0.29) is 35.9 Å². The van der Waals surface area contributed by atoms with E-state index in [2.05, 4.69) is 46.4 Å². The molecule has 0 radical (unpaired) electrons. The summed E-state index contributed by atoms with van der Waals surface area (Å²) in [6, 6.07) is 13.7. The number of imidazole rings is 2. The summed E-state index contributed by atoms with van der Waals surface area (Å²) in [7, 11) is 3.01. The molecular weight excluding hydrogens is 727 g/mol. The Balaban J connectivity index is 1.04. The number of quaternary nitrogens is 1. The second-order valence-corrected chi connectivity index (χ2v) is 16.9. The molecule has 0 saturated carbocycles. The quantitative estimate of drug-likeness (QED) is 0.157. The summed E-state index contributed by atoms with van der Waals surface area (Å²) < 4.78 is 22.5. The molecule has 14 heteroatoms. The van der Waals surface area contributed by atoms with Crippen LogP contribution < -0.4 is 10.1 Å². The van der Waals surface area contributed by atoms with Crippen LogP contribution >= 0.6 is 0 Å². The number of rotatable bonds is 8. The zero-order valence-electron chi connectivity index (χ0n) is 33.7. The lowest BCUT2D eigenvalue weighted by molar-refractivity contribution is -0.601. The zero-order chi connectivity index (χ0) is 40.2. The minimum atomic E-state index is -0.612. The van der Waals surface area contributed by atoms with Gasteiger partial charge in [-0.05, 0) is 86.4 Å².